The van der Waals surface area contributed by atoms with Crippen LogP contribution < -0.4 is 5.32 Å². The van der Waals surface area contributed by atoms with Crippen LogP contribution in [0.3, 0.4) is 0 Å². The smallest absolute Gasteiger partial charge is 0.227 e. The third kappa shape index (κ3) is 4.77. The van der Waals surface area contributed by atoms with Gasteiger partial charge in [0.15, 0.2) is 5.65 Å². The molecule has 1 aliphatic carbocycles. The number of phenols is 1. The molecule has 1 aromatic carbocycles. The van der Waals surface area contributed by atoms with Gasteiger partial charge in [-0.25, -0.2) is 14.4 Å². The number of hydrogen-bond acceptors (Lipinski definition) is 6. The molecule has 0 saturated heterocycles. The first-order valence-electron chi connectivity index (χ1n) is 13.6. The predicted octanol–water partition coefficient (Wildman–Crippen LogP) is 6.59. The van der Waals surface area contributed by atoms with Gasteiger partial charge in [0.25, 0.3) is 0 Å². The van der Waals surface area contributed by atoms with Crippen molar-refractivity contribution in [3.8, 4) is 39.4 Å². The number of anilines is 1. The molecule has 0 atom stereocenters. The second kappa shape index (κ2) is 10.1. The highest BCUT2D eigenvalue weighted by Crippen LogP contribution is 2.35. The van der Waals surface area contributed by atoms with Gasteiger partial charge in [0.1, 0.15) is 22.9 Å². The van der Waals surface area contributed by atoms with Gasteiger partial charge in [-0.1, -0.05) is 19.3 Å². The molecule has 1 saturated carbocycles. The number of rotatable bonds is 5. The summed E-state index contributed by atoms with van der Waals surface area (Å²) in [5.41, 5.74) is 6.14. The van der Waals surface area contributed by atoms with E-state index >= 15 is 0 Å². The third-order valence-corrected chi connectivity index (χ3v) is 7.71. The van der Waals surface area contributed by atoms with Gasteiger partial charge in [0, 0.05) is 52.5 Å². The summed E-state index contributed by atoms with van der Waals surface area (Å²) >= 11 is 0. The van der Waals surface area contributed by atoms with Gasteiger partial charge in [-0.2, -0.15) is 5.10 Å². The van der Waals surface area contributed by atoms with Crippen molar-refractivity contribution in [2.75, 3.05) is 5.32 Å². The lowest BCUT2D eigenvalue weighted by Crippen LogP contribution is -2.24. The highest BCUT2D eigenvalue weighted by Gasteiger charge is 2.21. The summed E-state index contributed by atoms with van der Waals surface area (Å²) in [4.78, 5) is 29.5. The summed E-state index contributed by atoms with van der Waals surface area (Å²) in [5, 5.41) is 22.0. The summed E-state index contributed by atoms with van der Waals surface area (Å²) in [6.07, 6.45) is 12.0. The zero-order valence-electron chi connectivity index (χ0n) is 22.0. The molecule has 0 spiro atoms. The van der Waals surface area contributed by atoms with E-state index in [1.807, 2.05) is 18.2 Å². The second-order valence-corrected chi connectivity index (χ2v) is 10.5. The molecular weight excluding hydrogens is 521 g/mol. The van der Waals surface area contributed by atoms with Crippen LogP contribution in [0, 0.1) is 11.7 Å². The molecule has 204 valence electrons. The Kier molecular flexibility index (Phi) is 6.15. The number of nitrogens with one attached hydrogen (secondary N) is 3. The number of pyridine rings is 3. The number of aromatic amines is 2. The highest BCUT2D eigenvalue weighted by molar-refractivity contribution is 6.00. The van der Waals surface area contributed by atoms with Crippen molar-refractivity contribution in [2.45, 2.75) is 32.1 Å². The Morgan fingerprint density at radius 3 is 2.61 bits per heavy atom. The van der Waals surface area contributed by atoms with Crippen LogP contribution in [0.15, 0.2) is 67.3 Å². The molecule has 4 N–H and O–H groups in total. The van der Waals surface area contributed by atoms with Crippen molar-refractivity contribution in [3.05, 3.63) is 73.1 Å². The molecule has 1 fully saturated rings. The van der Waals surface area contributed by atoms with E-state index in [0.717, 1.165) is 59.2 Å². The van der Waals surface area contributed by atoms with Crippen LogP contribution >= 0.6 is 0 Å². The van der Waals surface area contributed by atoms with Crippen molar-refractivity contribution in [1.29, 1.82) is 0 Å². The molecule has 0 bridgehead atoms. The normalized spacial score (nSPS) is 14.1. The van der Waals surface area contributed by atoms with Crippen molar-refractivity contribution in [2.24, 2.45) is 5.92 Å². The Morgan fingerprint density at radius 1 is 0.902 bits per heavy atom. The zero-order valence-corrected chi connectivity index (χ0v) is 22.0. The molecule has 41 heavy (non-hydrogen) atoms. The molecule has 0 radical (unpaired) electrons. The van der Waals surface area contributed by atoms with Crippen LogP contribution in [0.2, 0.25) is 0 Å². The van der Waals surface area contributed by atoms with Crippen LogP contribution in [-0.2, 0) is 4.79 Å². The number of carbonyl (C=O) groups excluding carboxylic acids is 1. The zero-order chi connectivity index (χ0) is 27.9. The summed E-state index contributed by atoms with van der Waals surface area (Å²) in [6.45, 7) is 0. The molecule has 9 nitrogen and oxygen atoms in total. The predicted molar refractivity (Wildman–Crippen MR) is 154 cm³/mol. The summed E-state index contributed by atoms with van der Waals surface area (Å²) < 4.78 is 14.0. The van der Waals surface area contributed by atoms with Crippen molar-refractivity contribution >= 4 is 33.7 Å². The van der Waals surface area contributed by atoms with Crippen molar-refractivity contribution in [1.82, 2.24) is 30.1 Å². The Bertz CT molecular complexity index is 1900. The van der Waals surface area contributed by atoms with E-state index in [1.165, 1.54) is 18.6 Å². The van der Waals surface area contributed by atoms with Crippen LogP contribution in [0.5, 0.6) is 5.75 Å². The van der Waals surface area contributed by atoms with Crippen LogP contribution in [0.4, 0.5) is 10.1 Å². The largest absolute Gasteiger partial charge is 0.508 e. The van der Waals surface area contributed by atoms with Crippen LogP contribution in [-0.4, -0.2) is 41.1 Å². The van der Waals surface area contributed by atoms with E-state index in [9.17, 15) is 14.3 Å². The van der Waals surface area contributed by atoms with Crippen LogP contribution in [0.25, 0.3) is 55.7 Å². The maximum Gasteiger partial charge on any atom is 0.227 e. The monoisotopic (exact) mass is 547 g/mol. The van der Waals surface area contributed by atoms with E-state index in [1.54, 1.807) is 30.9 Å². The third-order valence-electron chi connectivity index (χ3n) is 7.71. The van der Waals surface area contributed by atoms with Crippen LogP contribution in [0.1, 0.15) is 32.1 Å². The number of fused-ring (bicyclic) bond motifs is 2. The van der Waals surface area contributed by atoms with E-state index in [4.69, 9.17) is 0 Å². The van der Waals surface area contributed by atoms with E-state index < -0.39 is 5.82 Å². The number of nitrogens with zero attached hydrogens (tertiary/aromatic N) is 4. The van der Waals surface area contributed by atoms with Gasteiger partial charge < -0.3 is 15.4 Å². The number of aromatic nitrogens is 6. The molecular formula is C31H26FN7O2. The lowest BCUT2D eigenvalue weighted by Gasteiger charge is -2.20. The van der Waals surface area contributed by atoms with Gasteiger partial charge in [-0.15, -0.1) is 0 Å². The Labute approximate surface area is 233 Å². The molecule has 10 heteroatoms. The molecule has 0 aliphatic heterocycles. The SMILES string of the molecule is O=C(Nc1cncc(-c2cnc3[nH]nc(-c4cc5c(-c6cc(O)cc(F)c6)ccnc5[nH]4)c3c2)c1)C1CCCCC1. The fourth-order valence-electron chi connectivity index (χ4n) is 5.68. The standard InChI is InChI=1S/C31H26FN7O2/c32-21-8-18(10-23(40)12-21)24-6-7-34-29-25(24)13-27(37-29)28-26-11-20(15-35-30(26)39-38-28)19-9-22(16-33-14-19)36-31(41)17-4-2-1-3-5-17/h6-17,40H,1-5H2,(H,34,37)(H,36,41)(H,35,38,39). The van der Waals surface area contributed by atoms with Gasteiger partial charge in [0.05, 0.1) is 17.6 Å². The lowest BCUT2D eigenvalue weighted by atomic mass is 9.88. The van der Waals surface area contributed by atoms with Crippen molar-refractivity contribution in [3.63, 3.8) is 0 Å². The maximum absolute atomic E-state index is 14.0. The maximum atomic E-state index is 14.0. The van der Waals surface area contributed by atoms with Gasteiger partial charge in [0.2, 0.25) is 5.91 Å². The number of H-pyrrole nitrogens is 2. The van der Waals surface area contributed by atoms with E-state index in [0.29, 0.717) is 33.9 Å². The van der Waals surface area contributed by atoms with E-state index in [2.05, 4.69) is 35.5 Å². The molecule has 5 heterocycles. The highest BCUT2D eigenvalue weighted by atomic mass is 19.1. The number of halogens is 1. The number of aromatic hydroxyl groups is 1. The molecule has 1 aliphatic rings. The Morgan fingerprint density at radius 2 is 1.76 bits per heavy atom. The van der Waals surface area contributed by atoms with E-state index in [-0.39, 0.29) is 17.6 Å². The molecule has 5 aromatic heterocycles. The molecule has 1 amide bonds. The fourth-order valence-corrected chi connectivity index (χ4v) is 5.68. The minimum Gasteiger partial charge on any atom is -0.508 e. The molecule has 7 rings (SSSR count). The number of hydrogen-bond donors (Lipinski definition) is 4. The second-order valence-electron chi connectivity index (χ2n) is 10.5. The lowest BCUT2D eigenvalue weighted by molar-refractivity contribution is -0.120. The topological polar surface area (TPSA) is 132 Å². The molecule has 0 unspecified atom stereocenters. The van der Waals surface area contributed by atoms with Gasteiger partial charge in [-0.3, -0.25) is 14.9 Å². The van der Waals surface area contributed by atoms with Gasteiger partial charge in [-0.05, 0) is 60.4 Å². The number of amides is 1. The number of benzene rings is 1. The summed E-state index contributed by atoms with van der Waals surface area (Å²) in [5.74, 6) is -0.569. The van der Waals surface area contributed by atoms with Gasteiger partial charge >= 0.3 is 0 Å². The number of carbonyl (C=O) groups is 1. The Hall–Kier alpha value is -5.12. The minimum absolute atomic E-state index is 0.0505. The van der Waals surface area contributed by atoms with Crippen molar-refractivity contribution < 1.29 is 14.3 Å². The first-order valence-corrected chi connectivity index (χ1v) is 13.6. The Balaban J connectivity index is 1.23. The quantitative estimate of drug-likeness (QED) is 0.192. The minimum atomic E-state index is -0.523. The number of phenolic OH excluding ortho intramolecular Hbond substituents is 1. The summed E-state index contributed by atoms with van der Waals surface area (Å²) in [7, 11) is 0. The fraction of sp³-hybridized carbons (Fsp3) is 0.194. The first-order chi connectivity index (χ1) is 20.0. The average molecular weight is 548 g/mol. The first kappa shape index (κ1) is 24.9. The summed E-state index contributed by atoms with van der Waals surface area (Å²) in [6, 6.07) is 11.5. The average Bonchev–Trinajstić information content (AvgIpc) is 3.61. The molecule has 6 aromatic rings.